The maximum Gasteiger partial charge on any atom is 0.257 e. The predicted molar refractivity (Wildman–Crippen MR) is 65.2 cm³/mol. The molecule has 94 valence electrons. The summed E-state index contributed by atoms with van der Waals surface area (Å²) in [5.74, 6) is -1.47. The lowest BCUT2D eigenvalue weighted by Crippen LogP contribution is -1.81. The molecular weight excluding hydrogens is 271 g/mol. The number of rotatable bonds is 2. The molecule has 0 aromatic carbocycles. The normalized spacial score (nSPS) is 11.4. The van der Waals surface area contributed by atoms with Crippen LogP contribution in [0.4, 0.5) is 15.2 Å². The Balaban J connectivity index is 1.96. The van der Waals surface area contributed by atoms with Crippen molar-refractivity contribution in [1.82, 2.24) is 19.3 Å². The van der Waals surface area contributed by atoms with E-state index in [4.69, 9.17) is 5.11 Å². The van der Waals surface area contributed by atoms with Gasteiger partial charge in [0.1, 0.15) is 6.33 Å². The van der Waals surface area contributed by atoms with E-state index in [2.05, 4.69) is 29.6 Å². The Kier molecular flexibility index (Phi) is 2.80. The van der Waals surface area contributed by atoms with Gasteiger partial charge in [-0.15, -0.1) is 10.2 Å². The highest BCUT2D eigenvalue weighted by atomic mass is 32.1. The van der Waals surface area contributed by atoms with Crippen LogP contribution in [0.25, 0.3) is 11.0 Å². The van der Waals surface area contributed by atoms with E-state index in [0.29, 0.717) is 16.0 Å². The molecule has 0 fully saturated rings. The SMILES string of the molecule is Oc1ccc(/N=N/c2snc3ncncc23)nc1F. The highest BCUT2D eigenvalue weighted by Gasteiger charge is 2.06. The monoisotopic (exact) mass is 276 g/mol. The second kappa shape index (κ2) is 4.61. The summed E-state index contributed by atoms with van der Waals surface area (Å²) in [4.78, 5) is 11.3. The van der Waals surface area contributed by atoms with Crippen LogP contribution in [-0.4, -0.2) is 24.4 Å². The Morgan fingerprint density at radius 2 is 2.16 bits per heavy atom. The van der Waals surface area contributed by atoms with Gasteiger partial charge >= 0.3 is 0 Å². The van der Waals surface area contributed by atoms with Crippen molar-refractivity contribution in [3.63, 3.8) is 0 Å². The van der Waals surface area contributed by atoms with Crippen LogP contribution in [0.1, 0.15) is 0 Å². The lowest BCUT2D eigenvalue weighted by molar-refractivity contribution is 0.419. The van der Waals surface area contributed by atoms with Gasteiger partial charge in [0.2, 0.25) is 0 Å². The van der Waals surface area contributed by atoms with Crippen molar-refractivity contribution in [3.8, 4) is 5.75 Å². The minimum absolute atomic E-state index is 0.0497. The van der Waals surface area contributed by atoms with Crippen molar-refractivity contribution in [1.29, 1.82) is 0 Å². The van der Waals surface area contributed by atoms with Crippen LogP contribution >= 0.6 is 11.5 Å². The summed E-state index contributed by atoms with van der Waals surface area (Å²) in [5, 5.41) is 17.9. The Morgan fingerprint density at radius 1 is 1.26 bits per heavy atom. The molecule has 0 aliphatic carbocycles. The molecule has 3 rings (SSSR count). The van der Waals surface area contributed by atoms with Crippen molar-refractivity contribution < 1.29 is 9.50 Å². The highest BCUT2D eigenvalue weighted by Crippen LogP contribution is 2.30. The zero-order valence-corrected chi connectivity index (χ0v) is 10.0. The summed E-state index contributed by atoms with van der Waals surface area (Å²) in [6.45, 7) is 0. The second-order valence-corrected chi connectivity index (χ2v) is 4.18. The van der Waals surface area contributed by atoms with Crippen molar-refractivity contribution in [3.05, 3.63) is 30.6 Å². The topological polar surface area (TPSA) is 96.5 Å². The molecule has 3 aromatic rings. The van der Waals surface area contributed by atoms with E-state index in [1.165, 1.54) is 12.4 Å². The number of pyridine rings is 1. The fourth-order valence-corrected chi connectivity index (χ4v) is 1.96. The lowest BCUT2D eigenvalue weighted by Gasteiger charge is -1.94. The number of hydrogen-bond donors (Lipinski definition) is 1. The molecule has 0 unspecified atom stereocenters. The van der Waals surface area contributed by atoms with Gasteiger partial charge in [-0.2, -0.15) is 13.7 Å². The Morgan fingerprint density at radius 3 is 3.00 bits per heavy atom. The average molecular weight is 276 g/mol. The van der Waals surface area contributed by atoms with Crippen LogP contribution in [0.3, 0.4) is 0 Å². The maximum absolute atomic E-state index is 13.0. The molecule has 7 nitrogen and oxygen atoms in total. The number of fused-ring (bicyclic) bond motifs is 1. The van der Waals surface area contributed by atoms with Crippen LogP contribution in [0.15, 0.2) is 34.9 Å². The van der Waals surface area contributed by atoms with Crippen molar-refractivity contribution in [2.45, 2.75) is 0 Å². The molecule has 3 aromatic heterocycles. The van der Waals surface area contributed by atoms with Gasteiger partial charge in [0, 0.05) is 6.20 Å². The van der Waals surface area contributed by atoms with Crippen molar-refractivity contribution in [2.75, 3.05) is 0 Å². The molecule has 0 aliphatic heterocycles. The summed E-state index contributed by atoms with van der Waals surface area (Å²) in [7, 11) is 0. The third-order valence-corrected chi connectivity index (χ3v) is 2.94. The summed E-state index contributed by atoms with van der Waals surface area (Å²) >= 11 is 1.11. The fraction of sp³-hybridized carbons (Fsp3) is 0. The van der Waals surface area contributed by atoms with E-state index in [9.17, 15) is 4.39 Å². The summed E-state index contributed by atoms with van der Waals surface area (Å²) in [6.07, 6.45) is 2.96. The predicted octanol–water partition coefficient (Wildman–Crippen LogP) is 2.74. The number of hydrogen-bond acceptors (Lipinski definition) is 8. The van der Waals surface area contributed by atoms with E-state index in [1.54, 1.807) is 6.20 Å². The zero-order chi connectivity index (χ0) is 13.2. The van der Waals surface area contributed by atoms with Crippen molar-refractivity contribution >= 4 is 33.4 Å². The summed E-state index contributed by atoms with van der Waals surface area (Å²) < 4.78 is 17.1. The third-order valence-electron chi connectivity index (χ3n) is 2.20. The van der Waals surface area contributed by atoms with Crippen LogP contribution in [0, 0.1) is 5.95 Å². The Hall–Kier alpha value is -2.55. The molecule has 0 saturated heterocycles. The Bertz CT molecular complexity index is 774. The number of halogens is 1. The first kappa shape index (κ1) is 11.5. The molecule has 0 radical (unpaired) electrons. The summed E-state index contributed by atoms with van der Waals surface area (Å²) in [5.41, 5.74) is 0.527. The molecule has 0 atom stereocenters. The van der Waals surface area contributed by atoms with Gasteiger partial charge in [-0.25, -0.2) is 9.97 Å². The van der Waals surface area contributed by atoms with Gasteiger partial charge in [0.15, 0.2) is 22.2 Å². The molecule has 0 saturated carbocycles. The molecular formula is C10H5FN6OS. The number of aromatic hydroxyl groups is 1. The van der Waals surface area contributed by atoms with E-state index in [1.807, 2.05) is 0 Å². The Labute approximate surface area is 109 Å². The zero-order valence-electron chi connectivity index (χ0n) is 9.23. The molecule has 0 spiro atoms. The molecule has 0 aliphatic rings. The van der Waals surface area contributed by atoms with Gasteiger partial charge in [0.25, 0.3) is 5.95 Å². The van der Waals surface area contributed by atoms with Crippen LogP contribution in [0.5, 0.6) is 5.75 Å². The molecule has 19 heavy (non-hydrogen) atoms. The number of aromatic nitrogens is 4. The van der Waals surface area contributed by atoms with E-state index >= 15 is 0 Å². The fourth-order valence-electron chi connectivity index (χ4n) is 1.32. The van der Waals surface area contributed by atoms with Crippen LogP contribution < -0.4 is 0 Å². The number of azo groups is 1. The highest BCUT2D eigenvalue weighted by molar-refractivity contribution is 7.11. The molecule has 9 heteroatoms. The standard InChI is InChI=1S/C10H5FN6OS/c11-8-6(18)1-2-7(14-8)15-16-10-5-3-12-4-13-9(5)17-19-10/h1-4,18H/b16-15+. The third kappa shape index (κ3) is 2.22. The molecule has 1 N–H and O–H groups in total. The van der Waals surface area contributed by atoms with Gasteiger partial charge in [-0.3, -0.25) is 0 Å². The first-order chi connectivity index (χ1) is 9.24. The van der Waals surface area contributed by atoms with Crippen LogP contribution in [-0.2, 0) is 0 Å². The van der Waals surface area contributed by atoms with Gasteiger partial charge in [-0.1, -0.05) is 0 Å². The lowest BCUT2D eigenvalue weighted by atomic mass is 10.4. The smallest absolute Gasteiger partial charge is 0.257 e. The van der Waals surface area contributed by atoms with E-state index in [0.717, 1.165) is 17.6 Å². The van der Waals surface area contributed by atoms with Gasteiger partial charge in [0.05, 0.1) is 5.39 Å². The van der Waals surface area contributed by atoms with Crippen LogP contribution in [0.2, 0.25) is 0 Å². The largest absolute Gasteiger partial charge is 0.504 e. The minimum atomic E-state index is -0.992. The van der Waals surface area contributed by atoms with E-state index in [-0.39, 0.29) is 5.82 Å². The van der Waals surface area contributed by atoms with E-state index < -0.39 is 11.7 Å². The molecule has 0 amide bonds. The quantitative estimate of drug-likeness (QED) is 0.573. The number of nitrogens with zero attached hydrogens (tertiary/aromatic N) is 6. The van der Waals surface area contributed by atoms with Gasteiger partial charge in [-0.05, 0) is 23.7 Å². The first-order valence-electron chi connectivity index (χ1n) is 5.06. The maximum atomic E-state index is 13.0. The minimum Gasteiger partial charge on any atom is -0.504 e. The molecule has 3 heterocycles. The average Bonchev–Trinajstić information content (AvgIpc) is 2.83. The van der Waals surface area contributed by atoms with Crippen molar-refractivity contribution in [2.24, 2.45) is 10.2 Å². The molecule has 0 bridgehead atoms. The first-order valence-corrected chi connectivity index (χ1v) is 5.84. The van der Waals surface area contributed by atoms with Gasteiger partial charge < -0.3 is 5.11 Å². The summed E-state index contributed by atoms with van der Waals surface area (Å²) in [6, 6.07) is 2.51. The second-order valence-electron chi connectivity index (χ2n) is 3.43.